The average Bonchev–Trinajstić information content (AvgIpc) is 2.18. The highest BCUT2D eigenvalue weighted by Gasteiger charge is 2.54. The minimum Gasteiger partial charge on any atom is -0.379 e. The molecule has 0 radical (unpaired) electrons. The molecule has 0 bridgehead atoms. The van der Waals surface area contributed by atoms with E-state index in [1.165, 1.54) is 24.3 Å². The van der Waals surface area contributed by atoms with Crippen LogP contribution < -0.4 is 0 Å². The van der Waals surface area contributed by atoms with E-state index in [9.17, 15) is 18.7 Å². The zero-order chi connectivity index (χ0) is 11.7. The van der Waals surface area contributed by atoms with E-state index in [1.54, 1.807) is 6.07 Å². The van der Waals surface area contributed by atoms with Crippen LogP contribution in [0.25, 0.3) is 0 Å². The van der Waals surface area contributed by atoms with Gasteiger partial charge in [-0.15, -0.1) is 0 Å². The zero-order valence-corrected chi connectivity index (χ0v) is 8.84. The van der Waals surface area contributed by atoms with Crippen LogP contribution in [-0.2, 0) is 10.4 Å². The Bertz CT molecular complexity index is 363. The van der Waals surface area contributed by atoms with Crippen LogP contribution in [0.5, 0.6) is 0 Å². The summed E-state index contributed by atoms with van der Waals surface area (Å²) in [5.74, 6) is -3.92. The maximum atomic E-state index is 13.3. The van der Waals surface area contributed by atoms with Gasteiger partial charge in [0.2, 0.25) is 0 Å². The Morgan fingerprint density at radius 2 is 1.80 bits per heavy atom. The fourth-order valence-electron chi connectivity index (χ4n) is 1.15. The minimum absolute atomic E-state index is 0.0302. The number of carbonyl (C=O) groups excluding carboxylic acids is 1. The number of hydrogen-bond donors (Lipinski definition) is 2. The van der Waals surface area contributed by atoms with Crippen molar-refractivity contribution in [3.8, 4) is 0 Å². The summed E-state index contributed by atoms with van der Waals surface area (Å²) in [7, 11) is 0. The monoisotopic (exact) mass is 232 g/mol. The van der Waals surface area contributed by atoms with Crippen molar-refractivity contribution in [2.45, 2.75) is 18.4 Å². The lowest BCUT2D eigenvalue weighted by molar-refractivity contribution is -0.180. The van der Waals surface area contributed by atoms with Crippen molar-refractivity contribution in [2.75, 3.05) is 0 Å². The Kier molecular flexibility index (Phi) is 3.16. The van der Waals surface area contributed by atoms with E-state index in [2.05, 4.69) is 12.6 Å². The molecule has 0 heterocycles. The molecular weight excluding hydrogens is 222 g/mol. The molecule has 1 rings (SSSR count). The van der Waals surface area contributed by atoms with E-state index in [0.29, 0.717) is 0 Å². The Morgan fingerprint density at radius 3 is 2.20 bits per heavy atom. The van der Waals surface area contributed by atoms with E-state index < -0.39 is 16.6 Å². The van der Waals surface area contributed by atoms with Gasteiger partial charge < -0.3 is 5.11 Å². The molecule has 1 aromatic rings. The molecule has 1 atom stereocenters. The third-order valence-corrected chi connectivity index (χ3v) is 2.50. The highest BCUT2D eigenvalue weighted by molar-refractivity contribution is 7.96. The standard InChI is InChI=1S/C10H10F2O2S/c1-9(14,10(11,12)8(13)15)7-5-3-2-4-6-7/h2-6,14H,1H3,(H,13,15). The van der Waals surface area contributed by atoms with E-state index >= 15 is 0 Å². The van der Waals surface area contributed by atoms with Crippen LogP contribution in [-0.4, -0.2) is 16.1 Å². The second kappa shape index (κ2) is 3.90. The number of hydrogen-bond acceptors (Lipinski definition) is 2. The molecule has 0 saturated heterocycles. The molecule has 15 heavy (non-hydrogen) atoms. The summed E-state index contributed by atoms with van der Waals surface area (Å²) in [4.78, 5) is 10.6. The smallest absolute Gasteiger partial charge is 0.346 e. The summed E-state index contributed by atoms with van der Waals surface area (Å²) in [6, 6.07) is 7.28. The van der Waals surface area contributed by atoms with Gasteiger partial charge in [0.1, 0.15) is 0 Å². The molecule has 1 unspecified atom stereocenters. The van der Waals surface area contributed by atoms with Gasteiger partial charge in [0.15, 0.2) is 5.60 Å². The summed E-state index contributed by atoms with van der Waals surface area (Å²) in [5.41, 5.74) is -2.58. The van der Waals surface area contributed by atoms with Gasteiger partial charge in [-0.25, -0.2) is 0 Å². The van der Waals surface area contributed by atoms with E-state index in [-0.39, 0.29) is 5.56 Å². The summed E-state index contributed by atoms with van der Waals surface area (Å²) in [6.07, 6.45) is 0. The maximum absolute atomic E-state index is 13.3. The van der Waals surface area contributed by atoms with Gasteiger partial charge >= 0.3 is 5.92 Å². The fourth-order valence-corrected chi connectivity index (χ4v) is 1.37. The predicted molar refractivity (Wildman–Crippen MR) is 55.0 cm³/mol. The quantitative estimate of drug-likeness (QED) is 0.782. The largest absolute Gasteiger partial charge is 0.379 e. The first-order chi connectivity index (χ1) is 6.80. The number of benzene rings is 1. The lowest BCUT2D eigenvalue weighted by Crippen LogP contribution is -2.47. The van der Waals surface area contributed by atoms with Crippen LogP contribution in [0.3, 0.4) is 0 Å². The highest BCUT2D eigenvalue weighted by Crippen LogP contribution is 2.38. The molecule has 0 aliphatic heterocycles. The summed E-state index contributed by atoms with van der Waals surface area (Å²) >= 11 is 3.07. The number of halogens is 2. The molecule has 0 aromatic heterocycles. The van der Waals surface area contributed by atoms with Gasteiger partial charge in [0.05, 0.1) is 0 Å². The summed E-state index contributed by atoms with van der Waals surface area (Å²) in [5, 5.41) is 8.01. The van der Waals surface area contributed by atoms with Crippen molar-refractivity contribution in [2.24, 2.45) is 0 Å². The van der Waals surface area contributed by atoms with Crippen molar-refractivity contribution in [1.82, 2.24) is 0 Å². The van der Waals surface area contributed by atoms with E-state index in [0.717, 1.165) is 6.92 Å². The Balaban J connectivity index is 3.19. The SMILES string of the molecule is CC(O)(c1ccccc1)C(F)(F)C(=O)S. The molecule has 0 saturated carbocycles. The normalized spacial score (nSPS) is 15.8. The summed E-state index contributed by atoms with van der Waals surface area (Å²) in [6.45, 7) is 0.885. The molecule has 1 N–H and O–H groups in total. The third-order valence-electron chi connectivity index (χ3n) is 2.22. The van der Waals surface area contributed by atoms with E-state index in [4.69, 9.17) is 0 Å². The van der Waals surface area contributed by atoms with Crippen molar-refractivity contribution in [3.63, 3.8) is 0 Å². The molecule has 0 spiro atoms. The van der Waals surface area contributed by atoms with Crippen molar-refractivity contribution >= 4 is 17.7 Å². The number of carbonyl (C=O) groups is 1. The van der Waals surface area contributed by atoms with Crippen LogP contribution in [0.4, 0.5) is 8.78 Å². The van der Waals surface area contributed by atoms with Crippen LogP contribution >= 0.6 is 12.6 Å². The van der Waals surface area contributed by atoms with Gasteiger partial charge in [-0.1, -0.05) is 43.0 Å². The fraction of sp³-hybridized carbons (Fsp3) is 0.300. The highest BCUT2D eigenvalue weighted by atomic mass is 32.1. The molecule has 0 fully saturated rings. The van der Waals surface area contributed by atoms with Gasteiger partial charge in [0.25, 0.3) is 5.12 Å². The lowest BCUT2D eigenvalue weighted by Gasteiger charge is -2.30. The van der Waals surface area contributed by atoms with Crippen LogP contribution in [0.1, 0.15) is 12.5 Å². The van der Waals surface area contributed by atoms with Gasteiger partial charge in [-0.2, -0.15) is 8.78 Å². The van der Waals surface area contributed by atoms with Gasteiger partial charge in [-0.3, -0.25) is 4.79 Å². The molecular formula is C10H10F2O2S. The molecule has 2 nitrogen and oxygen atoms in total. The third kappa shape index (κ3) is 2.03. The minimum atomic E-state index is -3.92. The van der Waals surface area contributed by atoms with Gasteiger partial charge in [-0.05, 0) is 12.5 Å². The number of alkyl halides is 2. The first-order valence-electron chi connectivity index (χ1n) is 4.19. The predicted octanol–water partition coefficient (Wildman–Crippen LogP) is 1.99. The summed E-state index contributed by atoms with van der Waals surface area (Å²) < 4.78 is 26.7. The van der Waals surface area contributed by atoms with Crippen LogP contribution in [0.15, 0.2) is 30.3 Å². The average molecular weight is 232 g/mol. The first-order valence-corrected chi connectivity index (χ1v) is 4.64. The van der Waals surface area contributed by atoms with Crippen molar-refractivity contribution in [3.05, 3.63) is 35.9 Å². The number of thiol groups is 1. The number of rotatable bonds is 3. The Hall–Kier alpha value is -0.940. The van der Waals surface area contributed by atoms with Crippen LogP contribution in [0.2, 0.25) is 0 Å². The van der Waals surface area contributed by atoms with Crippen molar-refractivity contribution in [1.29, 1.82) is 0 Å². The molecule has 0 aliphatic carbocycles. The molecule has 1 aromatic carbocycles. The molecule has 5 heteroatoms. The van der Waals surface area contributed by atoms with Gasteiger partial charge in [0, 0.05) is 0 Å². The zero-order valence-electron chi connectivity index (χ0n) is 7.95. The lowest BCUT2D eigenvalue weighted by atomic mass is 9.90. The Morgan fingerprint density at radius 1 is 1.33 bits per heavy atom. The second-order valence-corrected chi connectivity index (χ2v) is 3.72. The van der Waals surface area contributed by atoms with Crippen molar-refractivity contribution < 1.29 is 18.7 Å². The molecule has 0 aliphatic rings. The molecule has 82 valence electrons. The Labute approximate surface area is 91.3 Å². The molecule has 0 amide bonds. The van der Waals surface area contributed by atoms with Crippen LogP contribution in [0, 0.1) is 0 Å². The number of aliphatic hydroxyl groups is 1. The second-order valence-electron chi connectivity index (χ2n) is 3.32. The van der Waals surface area contributed by atoms with E-state index in [1.807, 2.05) is 0 Å². The maximum Gasteiger partial charge on any atom is 0.346 e. The topological polar surface area (TPSA) is 37.3 Å². The first kappa shape index (κ1) is 12.1.